The monoisotopic (exact) mass is 260 g/mol. The molecular formula is C13H12N2O2S. The lowest BCUT2D eigenvalue weighted by molar-refractivity contribution is 0.355. The topological polar surface area (TPSA) is 36.3 Å². The van der Waals surface area contributed by atoms with Crippen LogP contribution in [0, 0.1) is 0 Å². The minimum Gasteiger partial charge on any atom is -0.493 e. The van der Waals surface area contributed by atoms with Gasteiger partial charge in [0.2, 0.25) is 0 Å². The second kappa shape index (κ2) is 4.34. The molecule has 2 heterocycles. The number of nitrogens with zero attached hydrogens (tertiary/aromatic N) is 2. The molecule has 0 radical (unpaired) electrons. The van der Waals surface area contributed by atoms with Gasteiger partial charge in [0.25, 0.3) is 0 Å². The molecule has 3 aromatic rings. The summed E-state index contributed by atoms with van der Waals surface area (Å²) in [6.45, 7) is 0. The van der Waals surface area contributed by atoms with Gasteiger partial charge >= 0.3 is 0 Å². The Morgan fingerprint density at radius 2 is 1.94 bits per heavy atom. The summed E-state index contributed by atoms with van der Waals surface area (Å²) in [7, 11) is 3.26. The van der Waals surface area contributed by atoms with Crippen molar-refractivity contribution in [2.45, 2.75) is 0 Å². The second-order valence-corrected chi connectivity index (χ2v) is 4.69. The Bertz CT molecular complexity index is 674. The van der Waals surface area contributed by atoms with Gasteiger partial charge in [0, 0.05) is 12.1 Å². The van der Waals surface area contributed by atoms with Crippen LogP contribution < -0.4 is 9.47 Å². The smallest absolute Gasteiger partial charge is 0.163 e. The molecule has 0 unspecified atom stereocenters. The normalized spacial score (nSPS) is 10.8. The van der Waals surface area contributed by atoms with E-state index in [9.17, 15) is 0 Å². The maximum absolute atomic E-state index is 5.32. The molecule has 0 fully saturated rings. The van der Waals surface area contributed by atoms with Gasteiger partial charge in [-0.25, -0.2) is 4.98 Å². The first-order valence-corrected chi connectivity index (χ1v) is 6.34. The number of benzene rings is 1. The number of methoxy groups -OCH3 is 2. The van der Waals surface area contributed by atoms with E-state index in [1.54, 1.807) is 25.6 Å². The number of hydrogen-bond acceptors (Lipinski definition) is 4. The number of rotatable bonds is 3. The maximum atomic E-state index is 5.32. The average molecular weight is 260 g/mol. The molecule has 0 spiro atoms. The number of aromatic nitrogens is 2. The molecule has 0 saturated heterocycles. The lowest BCUT2D eigenvalue weighted by Crippen LogP contribution is -1.92. The molecule has 0 amide bonds. The van der Waals surface area contributed by atoms with Crippen LogP contribution in [0.4, 0.5) is 0 Å². The SMILES string of the molecule is COc1cc2ncn(-c3cccs3)c2cc1OC. The Kier molecular flexibility index (Phi) is 2.68. The van der Waals surface area contributed by atoms with Crippen molar-refractivity contribution in [2.24, 2.45) is 0 Å². The molecule has 5 heteroatoms. The Morgan fingerprint density at radius 1 is 1.17 bits per heavy atom. The van der Waals surface area contributed by atoms with E-state index in [1.165, 1.54) is 0 Å². The van der Waals surface area contributed by atoms with Crippen LogP contribution in [0.25, 0.3) is 16.0 Å². The first kappa shape index (κ1) is 11.1. The molecule has 0 aliphatic carbocycles. The zero-order valence-corrected chi connectivity index (χ0v) is 10.9. The van der Waals surface area contributed by atoms with E-state index in [0.29, 0.717) is 11.5 Å². The highest BCUT2D eigenvalue weighted by atomic mass is 32.1. The van der Waals surface area contributed by atoms with Crippen LogP contribution in [0.5, 0.6) is 11.5 Å². The van der Waals surface area contributed by atoms with E-state index in [2.05, 4.69) is 11.1 Å². The van der Waals surface area contributed by atoms with E-state index in [4.69, 9.17) is 9.47 Å². The lowest BCUT2D eigenvalue weighted by atomic mass is 10.2. The van der Waals surface area contributed by atoms with Crippen molar-refractivity contribution in [3.63, 3.8) is 0 Å². The molecule has 0 atom stereocenters. The van der Waals surface area contributed by atoms with Gasteiger partial charge in [0.05, 0.1) is 25.3 Å². The fourth-order valence-electron chi connectivity index (χ4n) is 1.92. The summed E-state index contributed by atoms with van der Waals surface area (Å²) in [5.41, 5.74) is 1.90. The van der Waals surface area contributed by atoms with Gasteiger partial charge < -0.3 is 9.47 Å². The molecule has 0 N–H and O–H groups in total. The van der Waals surface area contributed by atoms with Crippen molar-refractivity contribution in [1.82, 2.24) is 9.55 Å². The molecule has 1 aromatic carbocycles. The minimum absolute atomic E-state index is 0.696. The molecule has 0 aliphatic heterocycles. The number of hydrogen-bond donors (Lipinski definition) is 0. The van der Waals surface area contributed by atoms with Crippen LogP contribution in [-0.2, 0) is 0 Å². The quantitative estimate of drug-likeness (QED) is 0.726. The molecule has 92 valence electrons. The van der Waals surface area contributed by atoms with Gasteiger partial charge in [-0.3, -0.25) is 4.57 Å². The first-order chi connectivity index (χ1) is 8.83. The number of thiophene rings is 1. The third-order valence-corrected chi connectivity index (χ3v) is 3.66. The lowest BCUT2D eigenvalue weighted by Gasteiger charge is -2.08. The van der Waals surface area contributed by atoms with E-state index in [0.717, 1.165) is 16.0 Å². The van der Waals surface area contributed by atoms with Gasteiger partial charge in [-0.05, 0) is 17.5 Å². The van der Waals surface area contributed by atoms with Gasteiger partial charge in [0.15, 0.2) is 11.5 Å². The highest BCUT2D eigenvalue weighted by Gasteiger charge is 2.11. The maximum Gasteiger partial charge on any atom is 0.163 e. The molecule has 2 aromatic heterocycles. The summed E-state index contributed by atoms with van der Waals surface area (Å²) < 4.78 is 12.6. The van der Waals surface area contributed by atoms with Gasteiger partial charge in [-0.2, -0.15) is 0 Å². The van der Waals surface area contributed by atoms with Crippen LogP contribution in [0.3, 0.4) is 0 Å². The molecule has 3 rings (SSSR count). The molecule has 4 nitrogen and oxygen atoms in total. The van der Waals surface area contributed by atoms with Gasteiger partial charge in [-0.1, -0.05) is 0 Å². The van der Waals surface area contributed by atoms with E-state index < -0.39 is 0 Å². The number of ether oxygens (including phenoxy) is 2. The van der Waals surface area contributed by atoms with Crippen molar-refractivity contribution in [3.8, 4) is 16.5 Å². The summed E-state index contributed by atoms with van der Waals surface area (Å²) in [6, 6.07) is 7.91. The van der Waals surface area contributed by atoms with E-state index in [-0.39, 0.29) is 0 Å². The van der Waals surface area contributed by atoms with Crippen molar-refractivity contribution >= 4 is 22.4 Å². The Morgan fingerprint density at radius 3 is 2.61 bits per heavy atom. The predicted octanol–water partition coefficient (Wildman–Crippen LogP) is 3.10. The van der Waals surface area contributed by atoms with Crippen LogP contribution in [0.1, 0.15) is 0 Å². The largest absolute Gasteiger partial charge is 0.493 e. The fourth-order valence-corrected chi connectivity index (χ4v) is 2.63. The Hall–Kier alpha value is -2.01. The molecule has 0 bridgehead atoms. The molecule has 0 aliphatic rings. The van der Waals surface area contributed by atoms with Crippen molar-refractivity contribution in [2.75, 3.05) is 14.2 Å². The second-order valence-electron chi connectivity index (χ2n) is 3.76. The van der Waals surface area contributed by atoms with Gasteiger partial charge in [0.1, 0.15) is 11.3 Å². The van der Waals surface area contributed by atoms with Gasteiger partial charge in [-0.15, -0.1) is 11.3 Å². The van der Waals surface area contributed by atoms with Crippen molar-refractivity contribution < 1.29 is 9.47 Å². The summed E-state index contributed by atoms with van der Waals surface area (Å²) in [5, 5.41) is 3.17. The third kappa shape index (κ3) is 1.64. The molecule has 18 heavy (non-hydrogen) atoms. The minimum atomic E-state index is 0.696. The summed E-state index contributed by atoms with van der Waals surface area (Å²) in [6.07, 6.45) is 1.81. The Labute approximate surface area is 108 Å². The number of fused-ring (bicyclic) bond motifs is 1. The number of imidazole rings is 1. The molecular weight excluding hydrogens is 248 g/mol. The molecule has 0 saturated carbocycles. The predicted molar refractivity (Wildman–Crippen MR) is 72.1 cm³/mol. The third-order valence-electron chi connectivity index (χ3n) is 2.80. The highest BCUT2D eigenvalue weighted by Crippen LogP contribution is 2.33. The average Bonchev–Trinajstić information content (AvgIpc) is 3.05. The Balaban J connectivity index is 2.25. The van der Waals surface area contributed by atoms with Crippen molar-refractivity contribution in [3.05, 3.63) is 36.0 Å². The summed E-state index contributed by atoms with van der Waals surface area (Å²) in [5.74, 6) is 1.41. The first-order valence-electron chi connectivity index (χ1n) is 5.46. The van der Waals surface area contributed by atoms with E-state index in [1.807, 2.05) is 34.5 Å². The zero-order chi connectivity index (χ0) is 12.5. The van der Waals surface area contributed by atoms with Crippen LogP contribution in [-0.4, -0.2) is 23.8 Å². The zero-order valence-electron chi connectivity index (χ0n) is 10.1. The van der Waals surface area contributed by atoms with E-state index >= 15 is 0 Å². The standard InChI is InChI=1S/C13H12N2O2S/c1-16-11-6-9-10(7-12(11)17-2)15(8-14-9)13-4-3-5-18-13/h3-8H,1-2H3. The van der Waals surface area contributed by atoms with Crippen molar-refractivity contribution in [1.29, 1.82) is 0 Å². The fraction of sp³-hybridized carbons (Fsp3) is 0.154. The highest BCUT2D eigenvalue weighted by molar-refractivity contribution is 7.12. The van der Waals surface area contributed by atoms with Crippen LogP contribution in [0.2, 0.25) is 0 Å². The van der Waals surface area contributed by atoms with Crippen LogP contribution >= 0.6 is 11.3 Å². The summed E-state index contributed by atoms with van der Waals surface area (Å²) in [4.78, 5) is 4.39. The summed E-state index contributed by atoms with van der Waals surface area (Å²) >= 11 is 1.67. The van der Waals surface area contributed by atoms with Crippen LogP contribution in [0.15, 0.2) is 36.0 Å².